The first kappa shape index (κ1) is 13.9. The zero-order chi connectivity index (χ0) is 13.7. The second kappa shape index (κ2) is 6.60. The number of hydrogen-bond acceptors (Lipinski definition) is 2. The van der Waals surface area contributed by atoms with Gasteiger partial charge in [-0.15, -0.1) is 0 Å². The minimum absolute atomic E-state index is 0.289. The van der Waals surface area contributed by atoms with E-state index in [1.165, 1.54) is 19.3 Å². The molecular formula is C16H24N2O. The van der Waals surface area contributed by atoms with Crippen molar-refractivity contribution in [1.29, 1.82) is 0 Å². The average molecular weight is 260 g/mol. The molecule has 1 heterocycles. The van der Waals surface area contributed by atoms with Gasteiger partial charge in [-0.2, -0.15) is 0 Å². The van der Waals surface area contributed by atoms with Gasteiger partial charge in [0.2, 0.25) is 5.91 Å². The van der Waals surface area contributed by atoms with Crippen LogP contribution in [-0.4, -0.2) is 23.9 Å². The second-order valence-electron chi connectivity index (χ2n) is 5.48. The molecule has 19 heavy (non-hydrogen) atoms. The summed E-state index contributed by atoms with van der Waals surface area (Å²) in [6.07, 6.45) is 4.96. The highest BCUT2D eigenvalue weighted by molar-refractivity contribution is 5.76. The molecule has 0 radical (unpaired) electrons. The van der Waals surface area contributed by atoms with Crippen LogP contribution in [0.2, 0.25) is 0 Å². The van der Waals surface area contributed by atoms with Crippen LogP contribution in [0.3, 0.4) is 0 Å². The number of carbonyl (C=O) groups is 1. The number of carbonyl (C=O) groups excluding carboxylic acids is 1. The van der Waals surface area contributed by atoms with E-state index in [0.717, 1.165) is 36.7 Å². The molecule has 1 aliphatic heterocycles. The highest BCUT2D eigenvalue weighted by Crippen LogP contribution is 2.20. The molecule has 2 N–H and O–H groups in total. The smallest absolute Gasteiger partial charge is 0.222 e. The van der Waals surface area contributed by atoms with Crippen molar-refractivity contribution < 1.29 is 4.79 Å². The van der Waals surface area contributed by atoms with E-state index in [-0.39, 0.29) is 5.91 Å². The molecule has 3 nitrogen and oxygen atoms in total. The van der Waals surface area contributed by atoms with Gasteiger partial charge in [0.05, 0.1) is 0 Å². The zero-order valence-corrected chi connectivity index (χ0v) is 11.8. The molecule has 104 valence electrons. The fraction of sp³-hybridized carbons (Fsp3) is 0.562. The molecule has 1 aromatic rings. The Balaban J connectivity index is 1.79. The molecule has 0 spiro atoms. The largest absolute Gasteiger partial charge is 0.399 e. The number of aryl methyl sites for hydroxylation is 1. The molecule has 2 rings (SSSR count). The minimum atomic E-state index is 0.289. The SMILES string of the molecule is CCC1CCN(C(=O)CCc2cccc(N)c2)CC1. The highest BCUT2D eigenvalue weighted by Gasteiger charge is 2.21. The highest BCUT2D eigenvalue weighted by atomic mass is 16.2. The summed E-state index contributed by atoms with van der Waals surface area (Å²) < 4.78 is 0. The van der Waals surface area contributed by atoms with E-state index in [1.807, 2.05) is 29.2 Å². The van der Waals surface area contributed by atoms with E-state index in [1.54, 1.807) is 0 Å². The Morgan fingerprint density at radius 1 is 1.37 bits per heavy atom. The van der Waals surface area contributed by atoms with Crippen molar-refractivity contribution in [2.24, 2.45) is 5.92 Å². The van der Waals surface area contributed by atoms with Gasteiger partial charge in [-0.1, -0.05) is 25.5 Å². The van der Waals surface area contributed by atoms with E-state index in [9.17, 15) is 4.79 Å². The van der Waals surface area contributed by atoms with Crippen molar-refractivity contribution in [3.8, 4) is 0 Å². The van der Waals surface area contributed by atoms with Crippen molar-refractivity contribution in [1.82, 2.24) is 4.90 Å². The first-order valence-electron chi connectivity index (χ1n) is 7.31. The molecule has 1 aliphatic rings. The van der Waals surface area contributed by atoms with Gasteiger partial charge in [0.25, 0.3) is 0 Å². The van der Waals surface area contributed by atoms with Crippen LogP contribution in [0, 0.1) is 5.92 Å². The van der Waals surface area contributed by atoms with Crippen molar-refractivity contribution in [2.75, 3.05) is 18.8 Å². The van der Waals surface area contributed by atoms with Crippen LogP contribution in [0.1, 0.15) is 38.2 Å². The first-order valence-corrected chi connectivity index (χ1v) is 7.31. The third-order valence-electron chi connectivity index (χ3n) is 4.12. The number of anilines is 1. The Bertz CT molecular complexity index is 423. The zero-order valence-electron chi connectivity index (χ0n) is 11.8. The summed E-state index contributed by atoms with van der Waals surface area (Å²) in [5, 5.41) is 0. The fourth-order valence-corrected chi connectivity index (χ4v) is 2.75. The summed E-state index contributed by atoms with van der Waals surface area (Å²) in [7, 11) is 0. The lowest BCUT2D eigenvalue weighted by Gasteiger charge is -2.31. The van der Waals surface area contributed by atoms with Crippen molar-refractivity contribution in [2.45, 2.75) is 39.0 Å². The Morgan fingerprint density at radius 3 is 2.74 bits per heavy atom. The topological polar surface area (TPSA) is 46.3 Å². The van der Waals surface area contributed by atoms with Gasteiger partial charge in [0.15, 0.2) is 0 Å². The number of rotatable bonds is 4. The molecule has 3 heteroatoms. The molecule has 1 amide bonds. The summed E-state index contributed by atoms with van der Waals surface area (Å²) in [5.41, 5.74) is 7.66. The first-order chi connectivity index (χ1) is 9.19. The summed E-state index contributed by atoms with van der Waals surface area (Å²) in [6, 6.07) is 7.81. The average Bonchev–Trinajstić information content (AvgIpc) is 2.45. The Morgan fingerprint density at radius 2 is 2.11 bits per heavy atom. The normalized spacial score (nSPS) is 16.6. The van der Waals surface area contributed by atoms with Gasteiger partial charge in [-0.25, -0.2) is 0 Å². The number of amides is 1. The van der Waals surface area contributed by atoms with Crippen molar-refractivity contribution in [3.63, 3.8) is 0 Å². The molecule has 0 atom stereocenters. The maximum atomic E-state index is 12.1. The molecule has 1 saturated heterocycles. The van der Waals surface area contributed by atoms with Gasteiger partial charge < -0.3 is 10.6 Å². The Kier molecular flexibility index (Phi) is 4.83. The molecule has 0 bridgehead atoms. The van der Waals surface area contributed by atoms with Gasteiger partial charge in [0.1, 0.15) is 0 Å². The second-order valence-corrected chi connectivity index (χ2v) is 5.48. The van der Waals surface area contributed by atoms with E-state index in [0.29, 0.717) is 6.42 Å². The number of benzene rings is 1. The molecule has 0 unspecified atom stereocenters. The Hall–Kier alpha value is -1.51. The lowest BCUT2D eigenvalue weighted by Crippen LogP contribution is -2.38. The predicted molar refractivity (Wildman–Crippen MR) is 78.8 cm³/mol. The van der Waals surface area contributed by atoms with Gasteiger partial charge in [-0.3, -0.25) is 4.79 Å². The lowest BCUT2D eigenvalue weighted by molar-refractivity contribution is -0.132. The van der Waals surface area contributed by atoms with Crippen LogP contribution in [0.4, 0.5) is 5.69 Å². The number of hydrogen-bond donors (Lipinski definition) is 1. The third-order valence-corrected chi connectivity index (χ3v) is 4.12. The monoisotopic (exact) mass is 260 g/mol. The van der Waals surface area contributed by atoms with Crippen LogP contribution >= 0.6 is 0 Å². The summed E-state index contributed by atoms with van der Waals surface area (Å²) >= 11 is 0. The standard InChI is InChI=1S/C16H24N2O/c1-2-13-8-10-18(11-9-13)16(19)7-6-14-4-3-5-15(17)12-14/h3-5,12-13H,2,6-11,17H2,1H3. The van der Waals surface area contributed by atoms with E-state index in [4.69, 9.17) is 5.73 Å². The maximum Gasteiger partial charge on any atom is 0.222 e. The van der Waals surface area contributed by atoms with Gasteiger partial charge in [0, 0.05) is 25.2 Å². The van der Waals surface area contributed by atoms with E-state index in [2.05, 4.69) is 6.92 Å². The molecule has 0 saturated carbocycles. The van der Waals surface area contributed by atoms with E-state index >= 15 is 0 Å². The van der Waals surface area contributed by atoms with Crippen LogP contribution in [0.25, 0.3) is 0 Å². The Labute approximate surface area is 115 Å². The van der Waals surface area contributed by atoms with Crippen LogP contribution in [-0.2, 0) is 11.2 Å². The quantitative estimate of drug-likeness (QED) is 0.846. The van der Waals surface area contributed by atoms with Crippen molar-refractivity contribution >= 4 is 11.6 Å². The predicted octanol–water partition coefficient (Wildman–Crippen LogP) is 2.85. The third kappa shape index (κ3) is 3.98. The van der Waals surface area contributed by atoms with Gasteiger partial charge >= 0.3 is 0 Å². The molecule has 0 aromatic heterocycles. The number of nitrogens with two attached hydrogens (primary N) is 1. The summed E-state index contributed by atoms with van der Waals surface area (Å²) in [5.74, 6) is 1.11. The molecule has 1 aromatic carbocycles. The van der Waals surface area contributed by atoms with E-state index < -0.39 is 0 Å². The number of nitrogens with zero attached hydrogens (tertiary/aromatic N) is 1. The maximum absolute atomic E-state index is 12.1. The van der Waals surface area contributed by atoms with Crippen LogP contribution in [0.15, 0.2) is 24.3 Å². The van der Waals surface area contributed by atoms with Crippen LogP contribution in [0.5, 0.6) is 0 Å². The van der Waals surface area contributed by atoms with Crippen LogP contribution < -0.4 is 5.73 Å². The molecule has 1 fully saturated rings. The number of likely N-dealkylation sites (tertiary alicyclic amines) is 1. The molecule has 0 aliphatic carbocycles. The molecular weight excluding hydrogens is 236 g/mol. The fourth-order valence-electron chi connectivity index (χ4n) is 2.75. The van der Waals surface area contributed by atoms with Gasteiger partial charge in [-0.05, 0) is 42.9 Å². The summed E-state index contributed by atoms with van der Waals surface area (Å²) in [4.78, 5) is 14.2. The lowest BCUT2D eigenvalue weighted by atomic mass is 9.94. The number of piperidine rings is 1. The number of nitrogen functional groups attached to an aromatic ring is 1. The van der Waals surface area contributed by atoms with Crippen molar-refractivity contribution in [3.05, 3.63) is 29.8 Å². The summed E-state index contributed by atoms with van der Waals surface area (Å²) in [6.45, 7) is 4.12. The minimum Gasteiger partial charge on any atom is -0.399 e.